The first-order valence-corrected chi connectivity index (χ1v) is 9.39. The van der Waals surface area contributed by atoms with Crippen molar-refractivity contribution in [3.8, 4) is 0 Å². The Morgan fingerprint density at radius 2 is 1.74 bits per heavy atom. The molecule has 1 aliphatic heterocycles. The van der Waals surface area contributed by atoms with Crippen LogP contribution in [0, 0.1) is 20.8 Å². The monoisotopic (exact) mass is 365 g/mol. The number of nitrogens with zero attached hydrogens (tertiary/aromatic N) is 1. The zero-order valence-electron chi connectivity index (χ0n) is 16.4. The Kier molecular flexibility index (Phi) is 5.49. The molecular weight excluding hydrogens is 338 g/mol. The minimum absolute atomic E-state index is 0.0959. The second-order valence-corrected chi connectivity index (χ2v) is 7.25. The summed E-state index contributed by atoms with van der Waals surface area (Å²) in [5.74, 6) is -0.121. The predicted octanol–water partition coefficient (Wildman–Crippen LogP) is 4.94. The van der Waals surface area contributed by atoms with Crippen LogP contribution in [-0.4, -0.2) is 23.4 Å². The summed E-state index contributed by atoms with van der Waals surface area (Å²) in [6.07, 6.45) is 1.97. The van der Waals surface area contributed by atoms with Crippen LogP contribution in [0.25, 0.3) is 0 Å². The van der Waals surface area contributed by atoms with Gasteiger partial charge in [0.15, 0.2) is 0 Å². The lowest BCUT2D eigenvalue weighted by Crippen LogP contribution is -2.35. The average Bonchev–Trinajstić information content (AvgIpc) is 3.11. The van der Waals surface area contributed by atoms with Gasteiger partial charge in [-0.2, -0.15) is 0 Å². The van der Waals surface area contributed by atoms with Gasteiger partial charge in [0.2, 0.25) is 5.91 Å². The van der Waals surface area contributed by atoms with E-state index in [1.54, 1.807) is 0 Å². The molecular formula is C22H27N3O2. The molecule has 0 bridgehead atoms. The summed E-state index contributed by atoms with van der Waals surface area (Å²) >= 11 is 0. The molecule has 1 atom stereocenters. The van der Waals surface area contributed by atoms with Crippen molar-refractivity contribution in [3.63, 3.8) is 0 Å². The maximum absolute atomic E-state index is 13.0. The number of urea groups is 1. The van der Waals surface area contributed by atoms with Crippen LogP contribution in [0.1, 0.15) is 48.1 Å². The summed E-state index contributed by atoms with van der Waals surface area (Å²) in [5.41, 5.74) is 5.75. The van der Waals surface area contributed by atoms with Crippen LogP contribution in [-0.2, 0) is 4.79 Å². The second-order valence-electron chi connectivity index (χ2n) is 7.25. The average molecular weight is 365 g/mol. The van der Waals surface area contributed by atoms with Gasteiger partial charge in [0, 0.05) is 24.8 Å². The minimum Gasteiger partial charge on any atom is -0.326 e. The Hall–Kier alpha value is -2.82. The zero-order valence-corrected chi connectivity index (χ0v) is 16.4. The quantitative estimate of drug-likeness (QED) is 0.809. The summed E-state index contributed by atoms with van der Waals surface area (Å²) in [4.78, 5) is 26.4. The molecule has 2 aromatic carbocycles. The molecule has 1 saturated heterocycles. The number of amides is 3. The van der Waals surface area contributed by atoms with Gasteiger partial charge in [0.1, 0.15) is 0 Å². The minimum atomic E-state index is -0.121. The summed E-state index contributed by atoms with van der Waals surface area (Å²) in [6.45, 7) is 8.18. The summed E-state index contributed by atoms with van der Waals surface area (Å²) in [7, 11) is 0. The van der Waals surface area contributed by atoms with Crippen LogP contribution in [0.5, 0.6) is 0 Å². The van der Waals surface area contributed by atoms with Crippen LogP contribution >= 0.6 is 0 Å². The van der Waals surface area contributed by atoms with E-state index in [0.717, 1.165) is 41.9 Å². The highest BCUT2D eigenvalue weighted by molar-refractivity contribution is 5.95. The fourth-order valence-electron chi connectivity index (χ4n) is 3.83. The lowest BCUT2D eigenvalue weighted by molar-refractivity contribution is -0.114. The standard InChI is InChI=1S/C22H27N3O2/c1-14-8-5-6-9-18(14)20-10-7-13-25(20)22(27)24-19-12-11-15(2)21(16(19)3)23-17(4)26/h5-6,8-9,11-12,20H,7,10,13H2,1-4H3,(H,23,26)(H,24,27). The van der Waals surface area contributed by atoms with Crippen molar-refractivity contribution in [2.45, 2.75) is 46.6 Å². The normalized spacial score (nSPS) is 16.3. The summed E-state index contributed by atoms with van der Waals surface area (Å²) in [5, 5.41) is 5.91. The fraction of sp³-hybridized carbons (Fsp3) is 0.364. The zero-order chi connectivity index (χ0) is 19.6. The Morgan fingerprint density at radius 1 is 1.00 bits per heavy atom. The molecule has 5 nitrogen and oxygen atoms in total. The number of benzene rings is 2. The molecule has 1 unspecified atom stereocenters. The largest absolute Gasteiger partial charge is 0.326 e. The number of aryl methyl sites for hydroxylation is 2. The number of carbonyl (C=O) groups excluding carboxylic acids is 2. The smallest absolute Gasteiger partial charge is 0.322 e. The predicted molar refractivity (Wildman–Crippen MR) is 109 cm³/mol. The van der Waals surface area contributed by atoms with Crippen molar-refractivity contribution >= 4 is 23.3 Å². The lowest BCUT2D eigenvalue weighted by atomic mass is 9.99. The van der Waals surface area contributed by atoms with Crippen LogP contribution in [0.4, 0.5) is 16.2 Å². The Morgan fingerprint density at radius 3 is 2.44 bits per heavy atom. The molecule has 2 N–H and O–H groups in total. The third-order valence-corrected chi connectivity index (χ3v) is 5.28. The molecule has 1 heterocycles. The van der Waals surface area contributed by atoms with E-state index in [-0.39, 0.29) is 18.0 Å². The number of likely N-dealkylation sites (tertiary alicyclic amines) is 1. The van der Waals surface area contributed by atoms with Gasteiger partial charge in [0.05, 0.1) is 6.04 Å². The van der Waals surface area contributed by atoms with Gasteiger partial charge in [-0.25, -0.2) is 4.79 Å². The van der Waals surface area contributed by atoms with E-state index in [4.69, 9.17) is 0 Å². The van der Waals surface area contributed by atoms with Crippen LogP contribution in [0.2, 0.25) is 0 Å². The Balaban J connectivity index is 1.83. The van der Waals surface area contributed by atoms with Gasteiger partial charge in [-0.05, 0) is 61.9 Å². The Labute approximate surface area is 160 Å². The molecule has 0 aliphatic carbocycles. The van der Waals surface area contributed by atoms with E-state index in [9.17, 15) is 9.59 Å². The van der Waals surface area contributed by atoms with Crippen molar-refractivity contribution in [3.05, 3.63) is 58.7 Å². The highest BCUT2D eigenvalue weighted by Crippen LogP contribution is 2.35. The maximum Gasteiger partial charge on any atom is 0.322 e. The summed E-state index contributed by atoms with van der Waals surface area (Å²) < 4.78 is 0. The molecule has 0 aromatic heterocycles. The van der Waals surface area contributed by atoms with Gasteiger partial charge >= 0.3 is 6.03 Å². The SMILES string of the molecule is CC(=O)Nc1c(C)ccc(NC(=O)N2CCCC2c2ccccc2C)c1C. The molecule has 0 saturated carbocycles. The van der Waals surface area contributed by atoms with Crippen molar-refractivity contribution in [1.29, 1.82) is 0 Å². The van der Waals surface area contributed by atoms with Gasteiger partial charge < -0.3 is 15.5 Å². The molecule has 3 rings (SSSR count). The van der Waals surface area contributed by atoms with E-state index < -0.39 is 0 Å². The number of carbonyl (C=O) groups is 2. The van der Waals surface area contributed by atoms with Gasteiger partial charge in [-0.3, -0.25) is 4.79 Å². The lowest BCUT2D eigenvalue weighted by Gasteiger charge is -2.27. The van der Waals surface area contributed by atoms with E-state index in [2.05, 4.69) is 29.7 Å². The molecule has 1 fully saturated rings. The first-order chi connectivity index (χ1) is 12.9. The van der Waals surface area contributed by atoms with Gasteiger partial charge in [-0.1, -0.05) is 30.3 Å². The number of hydrogen-bond acceptors (Lipinski definition) is 2. The van der Waals surface area contributed by atoms with Crippen LogP contribution < -0.4 is 10.6 Å². The molecule has 5 heteroatoms. The van der Waals surface area contributed by atoms with Crippen molar-refractivity contribution in [2.24, 2.45) is 0 Å². The third kappa shape index (κ3) is 3.97. The fourth-order valence-corrected chi connectivity index (χ4v) is 3.83. The molecule has 142 valence electrons. The van der Waals surface area contributed by atoms with Crippen molar-refractivity contribution in [1.82, 2.24) is 4.90 Å². The number of nitrogens with one attached hydrogen (secondary N) is 2. The maximum atomic E-state index is 13.0. The highest BCUT2D eigenvalue weighted by Gasteiger charge is 2.31. The van der Waals surface area contributed by atoms with E-state index in [0.29, 0.717) is 0 Å². The molecule has 0 spiro atoms. The molecule has 3 amide bonds. The Bertz CT molecular complexity index is 876. The van der Waals surface area contributed by atoms with Crippen LogP contribution in [0.3, 0.4) is 0 Å². The first-order valence-electron chi connectivity index (χ1n) is 9.39. The number of anilines is 2. The molecule has 2 aromatic rings. The van der Waals surface area contributed by atoms with E-state index >= 15 is 0 Å². The van der Waals surface area contributed by atoms with Crippen LogP contribution in [0.15, 0.2) is 36.4 Å². The second kappa shape index (κ2) is 7.82. The number of rotatable bonds is 3. The van der Waals surface area contributed by atoms with Gasteiger partial charge in [0.25, 0.3) is 0 Å². The van der Waals surface area contributed by atoms with Crippen molar-refractivity contribution in [2.75, 3.05) is 17.2 Å². The molecule has 1 aliphatic rings. The summed E-state index contributed by atoms with van der Waals surface area (Å²) in [6, 6.07) is 12.1. The third-order valence-electron chi connectivity index (χ3n) is 5.28. The van der Waals surface area contributed by atoms with E-state index in [1.165, 1.54) is 18.1 Å². The molecule has 27 heavy (non-hydrogen) atoms. The van der Waals surface area contributed by atoms with Crippen molar-refractivity contribution < 1.29 is 9.59 Å². The highest BCUT2D eigenvalue weighted by atomic mass is 16.2. The number of hydrogen-bond donors (Lipinski definition) is 2. The topological polar surface area (TPSA) is 61.4 Å². The molecule has 0 radical (unpaired) electrons. The van der Waals surface area contributed by atoms with E-state index in [1.807, 2.05) is 43.0 Å². The van der Waals surface area contributed by atoms with Gasteiger partial charge in [-0.15, -0.1) is 0 Å². The first kappa shape index (κ1) is 19.0.